The lowest BCUT2D eigenvalue weighted by Crippen LogP contribution is -2.16. The summed E-state index contributed by atoms with van der Waals surface area (Å²) in [5.74, 6) is -0.923. The molecule has 1 amide bonds. The first kappa shape index (κ1) is 19.6. The second-order valence-electron chi connectivity index (χ2n) is 6.32. The van der Waals surface area contributed by atoms with Gasteiger partial charge in [-0.05, 0) is 31.5 Å². The van der Waals surface area contributed by atoms with Gasteiger partial charge in [0.05, 0.1) is 41.9 Å². The minimum absolute atomic E-state index is 0.175. The van der Waals surface area contributed by atoms with Crippen LogP contribution < -0.4 is 5.32 Å². The van der Waals surface area contributed by atoms with Crippen molar-refractivity contribution in [3.8, 4) is 0 Å². The summed E-state index contributed by atoms with van der Waals surface area (Å²) in [6, 6.07) is 7.13. The zero-order chi connectivity index (χ0) is 20.4. The standard InChI is InChI=1S/C19H20ClN5O3/c1-11-16(20)12(2)25(23-11)10-13-5-7-14(8-6-13)18(26)22-15-9-21-24(3)17(15)19(27)28-4/h5-9H,10H2,1-4H3,(H,22,26). The van der Waals surface area contributed by atoms with Crippen molar-refractivity contribution in [1.29, 1.82) is 0 Å². The molecule has 0 saturated carbocycles. The first-order valence-electron chi connectivity index (χ1n) is 8.52. The molecule has 0 saturated heterocycles. The van der Waals surface area contributed by atoms with Gasteiger partial charge in [0.25, 0.3) is 5.91 Å². The number of aromatic nitrogens is 4. The Bertz CT molecular complexity index is 1040. The van der Waals surface area contributed by atoms with Crippen molar-refractivity contribution in [2.45, 2.75) is 20.4 Å². The van der Waals surface area contributed by atoms with Crippen LogP contribution >= 0.6 is 11.6 Å². The Morgan fingerprint density at radius 3 is 2.46 bits per heavy atom. The van der Waals surface area contributed by atoms with E-state index in [1.165, 1.54) is 18.0 Å². The van der Waals surface area contributed by atoms with E-state index in [0.717, 1.165) is 17.0 Å². The van der Waals surface area contributed by atoms with Crippen LogP contribution in [0.5, 0.6) is 0 Å². The molecule has 0 aliphatic rings. The van der Waals surface area contributed by atoms with Gasteiger partial charge in [-0.3, -0.25) is 14.2 Å². The van der Waals surface area contributed by atoms with Gasteiger partial charge in [-0.15, -0.1) is 0 Å². The quantitative estimate of drug-likeness (QED) is 0.663. The van der Waals surface area contributed by atoms with Crippen LogP contribution in [0.3, 0.4) is 0 Å². The van der Waals surface area contributed by atoms with E-state index >= 15 is 0 Å². The SMILES string of the molecule is COC(=O)c1c(NC(=O)c2ccc(Cn3nc(C)c(Cl)c3C)cc2)cnn1C. The average molecular weight is 402 g/mol. The summed E-state index contributed by atoms with van der Waals surface area (Å²) in [7, 11) is 2.87. The Hall–Kier alpha value is -3.13. The molecule has 28 heavy (non-hydrogen) atoms. The molecular formula is C19H20ClN5O3. The molecule has 8 nitrogen and oxygen atoms in total. The van der Waals surface area contributed by atoms with Crippen molar-refractivity contribution in [3.63, 3.8) is 0 Å². The number of rotatable bonds is 5. The molecule has 0 fully saturated rings. The molecule has 9 heteroatoms. The van der Waals surface area contributed by atoms with Crippen molar-refractivity contribution in [1.82, 2.24) is 19.6 Å². The van der Waals surface area contributed by atoms with Crippen LogP contribution in [0.25, 0.3) is 0 Å². The number of amides is 1. The molecule has 0 aliphatic heterocycles. The Morgan fingerprint density at radius 1 is 1.21 bits per heavy atom. The van der Waals surface area contributed by atoms with Crippen molar-refractivity contribution in [2.24, 2.45) is 7.05 Å². The van der Waals surface area contributed by atoms with Gasteiger partial charge in [-0.25, -0.2) is 4.79 Å². The highest BCUT2D eigenvalue weighted by Crippen LogP contribution is 2.20. The normalized spacial score (nSPS) is 10.8. The summed E-state index contributed by atoms with van der Waals surface area (Å²) in [6.07, 6.45) is 1.41. The van der Waals surface area contributed by atoms with Gasteiger partial charge in [0.15, 0.2) is 5.69 Å². The van der Waals surface area contributed by atoms with Crippen molar-refractivity contribution >= 4 is 29.2 Å². The summed E-state index contributed by atoms with van der Waals surface area (Å²) in [5, 5.41) is 11.8. The molecule has 0 atom stereocenters. The molecule has 2 aromatic heterocycles. The molecule has 146 valence electrons. The van der Waals surface area contributed by atoms with Crippen LogP contribution in [0.4, 0.5) is 5.69 Å². The Labute approximate surface area is 167 Å². The summed E-state index contributed by atoms with van der Waals surface area (Å²) in [6.45, 7) is 4.33. The highest BCUT2D eigenvalue weighted by atomic mass is 35.5. The summed E-state index contributed by atoms with van der Waals surface area (Å²) >= 11 is 6.18. The topological polar surface area (TPSA) is 91.0 Å². The van der Waals surface area contributed by atoms with Crippen LogP contribution in [0.2, 0.25) is 5.02 Å². The molecule has 0 bridgehead atoms. The predicted octanol–water partition coefficient (Wildman–Crippen LogP) is 2.97. The van der Waals surface area contributed by atoms with E-state index in [2.05, 4.69) is 15.5 Å². The molecule has 3 aromatic rings. The van der Waals surface area contributed by atoms with Crippen LogP contribution in [-0.4, -0.2) is 38.5 Å². The van der Waals surface area contributed by atoms with E-state index in [9.17, 15) is 9.59 Å². The van der Waals surface area contributed by atoms with Crippen LogP contribution in [0.1, 0.15) is 37.8 Å². The van der Waals surface area contributed by atoms with E-state index in [4.69, 9.17) is 16.3 Å². The van der Waals surface area contributed by atoms with Crippen LogP contribution in [0.15, 0.2) is 30.5 Å². The maximum Gasteiger partial charge on any atom is 0.358 e. The number of methoxy groups -OCH3 is 1. The monoisotopic (exact) mass is 401 g/mol. The van der Waals surface area contributed by atoms with Crippen molar-refractivity contribution in [2.75, 3.05) is 12.4 Å². The zero-order valence-corrected chi connectivity index (χ0v) is 16.7. The minimum Gasteiger partial charge on any atom is -0.464 e. The van der Waals surface area contributed by atoms with Gasteiger partial charge in [0, 0.05) is 12.6 Å². The third-order valence-corrected chi connectivity index (χ3v) is 4.95. The van der Waals surface area contributed by atoms with E-state index < -0.39 is 5.97 Å². The molecular weight excluding hydrogens is 382 g/mol. The molecule has 0 radical (unpaired) electrons. The fraction of sp³-hybridized carbons (Fsp3) is 0.263. The number of esters is 1. The number of nitrogens with zero attached hydrogens (tertiary/aromatic N) is 4. The second-order valence-corrected chi connectivity index (χ2v) is 6.69. The Morgan fingerprint density at radius 2 is 1.89 bits per heavy atom. The lowest BCUT2D eigenvalue weighted by atomic mass is 10.1. The molecule has 0 spiro atoms. The lowest BCUT2D eigenvalue weighted by Gasteiger charge is -2.08. The highest BCUT2D eigenvalue weighted by Gasteiger charge is 2.19. The van der Waals surface area contributed by atoms with Crippen molar-refractivity contribution in [3.05, 3.63) is 63.7 Å². The van der Waals surface area contributed by atoms with Gasteiger partial charge in [-0.1, -0.05) is 23.7 Å². The number of anilines is 1. The molecule has 1 N–H and O–H groups in total. The molecule has 2 heterocycles. The summed E-state index contributed by atoms with van der Waals surface area (Å²) < 4.78 is 7.90. The third-order valence-electron chi connectivity index (χ3n) is 4.41. The highest BCUT2D eigenvalue weighted by molar-refractivity contribution is 6.31. The van der Waals surface area contributed by atoms with Gasteiger partial charge >= 0.3 is 5.97 Å². The van der Waals surface area contributed by atoms with Gasteiger partial charge in [0.1, 0.15) is 0 Å². The van der Waals surface area contributed by atoms with Gasteiger partial charge in [0.2, 0.25) is 0 Å². The number of carbonyl (C=O) groups is 2. The van der Waals surface area contributed by atoms with E-state index in [1.807, 2.05) is 30.7 Å². The maximum absolute atomic E-state index is 12.5. The van der Waals surface area contributed by atoms with Gasteiger partial charge in [-0.2, -0.15) is 10.2 Å². The number of nitrogens with one attached hydrogen (secondary N) is 1. The van der Waals surface area contributed by atoms with Crippen molar-refractivity contribution < 1.29 is 14.3 Å². The predicted molar refractivity (Wildman–Crippen MR) is 105 cm³/mol. The number of benzene rings is 1. The number of hydrogen-bond acceptors (Lipinski definition) is 5. The fourth-order valence-electron chi connectivity index (χ4n) is 2.83. The first-order chi connectivity index (χ1) is 13.3. The number of carbonyl (C=O) groups excluding carboxylic acids is 2. The van der Waals surface area contributed by atoms with Crippen LogP contribution in [-0.2, 0) is 18.3 Å². The number of hydrogen-bond donors (Lipinski definition) is 1. The summed E-state index contributed by atoms with van der Waals surface area (Å²) in [5.41, 5.74) is 3.58. The molecule has 0 aliphatic carbocycles. The fourth-order valence-corrected chi connectivity index (χ4v) is 2.96. The Kier molecular flexibility index (Phi) is 5.51. The van der Waals surface area contributed by atoms with Crippen LogP contribution in [0, 0.1) is 13.8 Å². The molecule has 1 aromatic carbocycles. The third kappa shape index (κ3) is 3.77. The van der Waals surface area contributed by atoms with E-state index in [-0.39, 0.29) is 11.6 Å². The van der Waals surface area contributed by atoms with E-state index in [1.54, 1.807) is 19.2 Å². The largest absolute Gasteiger partial charge is 0.464 e. The number of halogens is 1. The van der Waals surface area contributed by atoms with Gasteiger partial charge < -0.3 is 10.1 Å². The zero-order valence-electron chi connectivity index (χ0n) is 16.0. The summed E-state index contributed by atoms with van der Waals surface area (Å²) in [4.78, 5) is 24.4. The lowest BCUT2D eigenvalue weighted by molar-refractivity contribution is 0.0589. The second kappa shape index (κ2) is 7.85. The molecule has 0 unspecified atom stereocenters. The first-order valence-corrected chi connectivity index (χ1v) is 8.89. The number of ether oxygens (including phenoxy) is 1. The molecule has 3 rings (SSSR count). The average Bonchev–Trinajstić information content (AvgIpc) is 3.16. The minimum atomic E-state index is -0.575. The van der Waals surface area contributed by atoms with E-state index in [0.29, 0.717) is 22.8 Å². The Balaban J connectivity index is 1.74. The number of aryl methyl sites for hydroxylation is 2. The maximum atomic E-state index is 12.5. The smallest absolute Gasteiger partial charge is 0.358 e.